The average Bonchev–Trinajstić information content (AvgIpc) is 2.45. The maximum absolute atomic E-state index is 6.04. The Balaban J connectivity index is 2.00. The Bertz CT molecular complexity index is 200. The van der Waals surface area contributed by atoms with E-state index in [1.807, 2.05) is 0 Å². The van der Waals surface area contributed by atoms with Gasteiger partial charge >= 0.3 is 0 Å². The predicted octanol–water partition coefficient (Wildman–Crippen LogP) is 1.99. The Morgan fingerprint density at radius 3 is 2.57 bits per heavy atom. The van der Waals surface area contributed by atoms with Gasteiger partial charge in [0.15, 0.2) is 0 Å². The fraction of sp³-hybridized carbons (Fsp3) is 1.00. The summed E-state index contributed by atoms with van der Waals surface area (Å²) in [5.74, 6) is 0. The average molecular weight is 196 g/mol. The summed E-state index contributed by atoms with van der Waals surface area (Å²) in [7, 11) is 0. The third-order valence-corrected chi connectivity index (χ3v) is 4.13. The van der Waals surface area contributed by atoms with Crippen molar-refractivity contribution in [2.75, 3.05) is 13.1 Å². The summed E-state index contributed by atoms with van der Waals surface area (Å²) in [5.41, 5.74) is 6.56. The van der Waals surface area contributed by atoms with Crippen LogP contribution in [0.4, 0.5) is 0 Å². The zero-order chi connectivity index (χ0) is 10.2. The van der Waals surface area contributed by atoms with Crippen LogP contribution in [0.5, 0.6) is 0 Å². The second-order valence-corrected chi connectivity index (χ2v) is 5.79. The molecule has 1 aliphatic heterocycles. The van der Waals surface area contributed by atoms with E-state index in [1.54, 1.807) is 0 Å². The molecule has 0 spiro atoms. The third-order valence-electron chi connectivity index (χ3n) is 4.13. The fourth-order valence-electron chi connectivity index (χ4n) is 3.31. The molecule has 2 atom stereocenters. The zero-order valence-electron chi connectivity index (χ0n) is 9.63. The maximum Gasteiger partial charge on any atom is 0.0168 e. The van der Waals surface area contributed by atoms with Crippen LogP contribution in [0, 0.1) is 5.41 Å². The number of rotatable bonds is 1. The van der Waals surface area contributed by atoms with E-state index in [0.717, 1.165) is 12.6 Å². The number of hydrogen-bond acceptors (Lipinski definition) is 2. The summed E-state index contributed by atoms with van der Waals surface area (Å²) in [6, 6.07) is 1.23. The molecule has 2 N–H and O–H groups in total. The highest BCUT2D eigenvalue weighted by Gasteiger charge is 2.39. The van der Waals surface area contributed by atoms with Gasteiger partial charge in [-0.25, -0.2) is 0 Å². The molecule has 0 radical (unpaired) electrons. The van der Waals surface area contributed by atoms with E-state index < -0.39 is 0 Å². The summed E-state index contributed by atoms with van der Waals surface area (Å²) < 4.78 is 0. The minimum absolute atomic E-state index is 0.431. The van der Waals surface area contributed by atoms with Gasteiger partial charge in [0.1, 0.15) is 0 Å². The second kappa shape index (κ2) is 3.82. The van der Waals surface area contributed by atoms with E-state index in [1.165, 1.54) is 38.6 Å². The minimum Gasteiger partial charge on any atom is -0.327 e. The van der Waals surface area contributed by atoms with Gasteiger partial charge in [0.2, 0.25) is 0 Å². The standard InChI is InChI=1S/C12H24N2/c1-12(2)7-3-6-11(12)14-8-4-5-10(13)9-14/h10-11H,3-9,13H2,1-2H3/t10-,11?/m1/s1. The summed E-state index contributed by atoms with van der Waals surface area (Å²) in [4.78, 5) is 2.65. The smallest absolute Gasteiger partial charge is 0.0168 e. The Labute approximate surface area is 87.8 Å². The lowest BCUT2D eigenvalue weighted by atomic mass is 9.85. The Morgan fingerprint density at radius 2 is 2.00 bits per heavy atom. The Hall–Kier alpha value is -0.0800. The topological polar surface area (TPSA) is 29.3 Å². The van der Waals surface area contributed by atoms with E-state index in [4.69, 9.17) is 5.73 Å². The van der Waals surface area contributed by atoms with Gasteiger partial charge in [0, 0.05) is 18.6 Å². The highest BCUT2D eigenvalue weighted by molar-refractivity contribution is 4.94. The van der Waals surface area contributed by atoms with Gasteiger partial charge in [-0.3, -0.25) is 4.90 Å². The van der Waals surface area contributed by atoms with Gasteiger partial charge in [0.25, 0.3) is 0 Å². The van der Waals surface area contributed by atoms with E-state index in [0.29, 0.717) is 11.5 Å². The lowest BCUT2D eigenvalue weighted by molar-refractivity contribution is 0.0846. The zero-order valence-corrected chi connectivity index (χ0v) is 9.63. The van der Waals surface area contributed by atoms with Crippen LogP contribution in [-0.4, -0.2) is 30.1 Å². The molecule has 2 heteroatoms. The highest BCUT2D eigenvalue weighted by atomic mass is 15.2. The SMILES string of the molecule is CC1(C)CCCC1N1CCC[C@@H](N)C1. The van der Waals surface area contributed by atoms with Gasteiger partial charge in [-0.05, 0) is 37.6 Å². The number of piperidine rings is 1. The van der Waals surface area contributed by atoms with Crippen molar-refractivity contribution in [1.82, 2.24) is 4.90 Å². The van der Waals surface area contributed by atoms with Crippen LogP contribution >= 0.6 is 0 Å². The molecule has 1 saturated carbocycles. The highest BCUT2D eigenvalue weighted by Crippen LogP contribution is 2.41. The molecule has 0 amide bonds. The van der Waals surface area contributed by atoms with Gasteiger partial charge in [-0.15, -0.1) is 0 Å². The molecule has 1 saturated heterocycles. The Kier molecular flexibility index (Phi) is 2.85. The molecule has 1 unspecified atom stereocenters. The molecule has 0 aromatic carbocycles. The Morgan fingerprint density at radius 1 is 1.21 bits per heavy atom. The molecular weight excluding hydrogens is 172 g/mol. The molecule has 2 rings (SSSR count). The van der Waals surface area contributed by atoms with Crippen LogP contribution in [0.15, 0.2) is 0 Å². The number of hydrogen-bond donors (Lipinski definition) is 1. The van der Waals surface area contributed by atoms with Crippen molar-refractivity contribution in [1.29, 1.82) is 0 Å². The van der Waals surface area contributed by atoms with Crippen molar-refractivity contribution in [3.05, 3.63) is 0 Å². The lowest BCUT2D eigenvalue weighted by Crippen LogP contribution is -2.50. The quantitative estimate of drug-likeness (QED) is 0.695. The first kappa shape index (κ1) is 10.4. The predicted molar refractivity (Wildman–Crippen MR) is 60.2 cm³/mol. The molecule has 0 bridgehead atoms. The van der Waals surface area contributed by atoms with Crippen LogP contribution in [-0.2, 0) is 0 Å². The van der Waals surface area contributed by atoms with Crippen molar-refractivity contribution in [3.63, 3.8) is 0 Å². The third kappa shape index (κ3) is 1.96. The van der Waals surface area contributed by atoms with E-state index >= 15 is 0 Å². The molecule has 14 heavy (non-hydrogen) atoms. The van der Waals surface area contributed by atoms with Crippen LogP contribution < -0.4 is 5.73 Å². The molecular formula is C12H24N2. The first-order chi connectivity index (χ1) is 6.59. The largest absolute Gasteiger partial charge is 0.327 e. The van der Waals surface area contributed by atoms with E-state index in [-0.39, 0.29) is 0 Å². The molecule has 82 valence electrons. The van der Waals surface area contributed by atoms with Crippen molar-refractivity contribution in [3.8, 4) is 0 Å². The molecule has 0 aromatic rings. The lowest BCUT2D eigenvalue weighted by Gasteiger charge is -2.41. The molecule has 2 nitrogen and oxygen atoms in total. The van der Waals surface area contributed by atoms with Crippen LogP contribution in [0.1, 0.15) is 46.0 Å². The maximum atomic E-state index is 6.04. The van der Waals surface area contributed by atoms with Gasteiger partial charge in [-0.2, -0.15) is 0 Å². The molecule has 0 aromatic heterocycles. The molecule has 2 fully saturated rings. The van der Waals surface area contributed by atoms with Crippen molar-refractivity contribution in [2.45, 2.75) is 58.0 Å². The summed E-state index contributed by atoms with van der Waals surface area (Å²) >= 11 is 0. The first-order valence-electron chi connectivity index (χ1n) is 6.09. The fourth-order valence-corrected chi connectivity index (χ4v) is 3.31. The van der Waals surface area contributed by atoms with E-state index in [9.17, 15) is 0 Å². The van der Waals surface area contributed by atoms with Gasteiger partial charge in [-0.1, -0.05) is 20.3 Å². The molecule has 1 aliphatic carbocycles. The molecule has 2 aliphatic rings. The van der Waals surface area contributed by atoms with Gasteiger partial charge < -0.3 is 5.73 Å². The number of nitrogens with two attached hydrogens (primary N) is 1. The number of nitrogens with zero attached hydrogens (tertiary/aromatic N) is 1. The molecule has 1 heterocycles. The summed E-state index contributed by atoms with van der Waals surface area (Å²) in [6.45, 7) is 7.26. The van der Waals surface area contributed by atoms with Crippen molar-refractivity contribution < 1.29 is 0 Å². The van der Waals surface area contributed by atoms with Crippen molar-refractivity contribution in [2.24, 2.45) is 11.1 Å². The van der Waals surface area contributed by atoms with Gasteiger partial charge in [0.05, 0.1) is 0 Å². The summed E-state index contributed by atoms with van der Waals surface area (Å²) in [6.07, 6.45) is 6.71. The summed E-state index contributed by atoms with van der Waals surface area (Å²) in [5, 5.41) is 0. The van der Waals surface area contributed by atoms with Crippen LogP contribution in [0.25, 0.3) is 0 Å². The minimum atomic E-state index is 0.431. The monoisotopic (exact) mass is 196 g/mol. The number of likely N-dealkylation sites (tertiary alicyclic amines) is 1. The van der Waals surface area contributed by atoms with Crippen LogP contribution in [0.3, 0.4) is 0 Å². The second-order valence-electron chi connectivity index (χ2n) is 5.79. The van der Waals surface area contributed by atoms with E-state index in [2.05, 4.69) is 18.7 Å². The van der Waals surface area contributed by atoms with Crippen molar-refractivity contribution >= 4 is 0 Å². The van der Waals surface area contributed by atoms with Crippen LogP contribution in [0.2, 0.25) is 0 Å². The first-order valence-corrected chi connectivity index (χ1v) is 6.09. The normalized spacial score (nSPS) is 38.8.